The highest BCUT2D eigenvalue weighted by atomic mass is 16.2. The summed E-state index contributed by atoms with van der Waals surface area (Å²) in [7, 11) is 1.87. The van der Waals surface area contributed by atoms with Gasteiger partial charge in [-0.2, -0.15) is 0 Å². The van der Waals surface area contributed by atoms with E-state index in [1.807, 2.05) is 7.05 Å². The van der Waals surface area contributed by atoms with Crippen molar-refractivity contribution >= 4 is 5.91 Å². The van der Waals surface area contributed by atoms with E-state index in [1.54, 1.807) is 11.8 Å². The molecule has 0 heterocycles. The van der Waals surface area contributed by atoms with Gasteiger partial charge in [-0.15, -0.1) is 0 Å². The van der Waals surface area contributed by atoms with Gasteiger partial charge < -0.3 is 9.80 Å². The Morgan fingerprint density at radius 1 is 1.12 bits per heavy atom. The van der Waals surface area contributed by atoms with Crippen LogP contribution < -0.4 is 0 Å². The van der Waals surface area contributed by atoms with Gasteiger partial charge in [-0.3, -0.25) is 4.79 Å². The van der Waals surface area contributed by atoms with Crippen LogP contribution in [0.2, 0.25) is 0 Å². The van der Waals surface area contributed by atoms with Crippen LogP contribution in [0.3, 0.4) is 0 Å². The third-order valence-corrected chi connectivity index (χ3v) is 3.06. The molecule has 0 N–H and O–H groups in total. The largest absolute Gasteiger partial charge is 0.346 e. The third kappa shape index (κ3) is 6.11. The molecule has 1 atom stereocenters. The van der Waals surface area contributed by atoms with Crippen molar-refractivity contribution in [3.8, 4) is 0 Å². The number of carbonyl (C=O) groups excluding carboxylic acids is 1. The highest BCUT2D eigenvalue weighted by Crippen LogP contribution is 2.06. The number of hydrogen-bond donors (Lipinski definition) is 0. The second kappa shape index (κ2) is 8.57. The fourth-order valence-electron chi connectivity index (χ4n) is 1.85. The predicted octanol–water partition coefficient (Wildman–Crippen LogP) is 2.37. The van der Waals surface area contributed by atoms with Gasteiger partial charge in [0.15, 0.2) is 0 Å². The van der Waals surface area contributed by atoms with Crippen LogP contribution in [0.15, 0.2) is 0 Å². The molecular formula is C13H28N2O. The molecule has 0 aromatic carbocycles. The molecule has 0 saturated heterocycles. The summed E-state index contributed by atoms with van der Waals surface area (Å²) in [5.41, 5.74) is 0. The predicted molar refractivity (Wildman–Crippen MR) is 69.5 cm³/mol. The van der Waals surface area contributed by atoms with E-state index < -0.39 is 0 Å². The maximum atomic E-state index is 11.1. The summed E-state index contributed by atoms with van der Waals surface area (Å²) >= 11 is 0. The molecule has 0 aliphatic heterocycles. The van der Waals surface area contributed by atoms with E-state index in [0.717, 1.165) is 13.0 Å². The van der Waals surface area contributed by atoms with Crippen LogP contribution in [0, 0.1) is 0 Å². The lowest BCUT2D eigenvalue weighted by Crippen LogP contribution is -2.37. The zero-order valence-electron chi connectivity index (χ0n) is 11.6. The molecule has 0 radical (unpaired) electrons. The van der Waals surface area contributed by atoms with Gasteiger partial charge in [-0.05, 0) is 39.3 Å². The fourth-order valence-corrected chi connectivity index (χ4v) is 1.85. The van der Waals surface area contributed by atoms with Gasteiger partial charge in [-0.25, -0.2) is 0 Å². The van der Waals surface area contributed by atoms with Crippen LogP contribution in [0.4, 0.5) is 0 Å². The SMILES string of the molecule is CCCN(CCC)C(C)CCN(C)C(C)=O. The van der Waals surface area contributed by atoms with Crippen molar-refractivity contribution in [1.82, 2.24) is 9.80 Å². The molecule has 0 aliphatic rings. The monoisotopic (exact) mass is 228 g/mol. The van der Waals surface area contributed by atoms with E-state index >= 15 is 0 Å². The van der Waals surface area contributed by atoms with Crippen LogP contribution in [0.5, 0.6) is 0 Å². The highest BCUT2D eigenvalue weighted by Gasteiger charge is 2.13. The van der Waals surface area contributed by atoms with Gasteiger partial charge in [0.25, 0.3) is 0 Å². The Bertz CT molecular complexity index is 188. The van der Waals surface area contributed by atoms with Crippen LogP contribution in [-0.4, -0.2) is 48.4 Å². The fraction of sp³-hybridized carbons (Fsp3) is 0.923. The Morgan fingerprint density at radius 3 is 2.00 bits per heavy atom. The summed E-state index contributed by atoms with van der Waals surface area (Å²) in [5.74, 6) is 0.157. The summed E-state index contributed by atoms with van der Waals surface area (Å²) < 4.78 is 0. The Morgan fingerprint density at radius 2 is 1.62 bits per heavy atom. The molecule has 3 heteroatoms. The van der Waals surface area contributed by atoms with E-state index in [1.165, 1.54) is 25.9 Å². The molecule has 0 aromatic heterocycles. The van der Waals surface area contributed by atoms with Crippen LogP contribution >= 0.6 is 0 Å². The second-order valence-corrected chi connectivity index (χ2v) is 4.61. The van der Waals surface area contributed by atoms with Crippen molar-refractivity contribution in [3.05, 3.63) is 0 Å². The molecule has 3 nitrogen and oxygen atoms in total. The quantitative estimate of drug-likeness (QED) is 0.637. The molecule has 0 bridgehead atoms. The van der Waals surface area contributed by atoms with Gasteiger partial charge >= 0.3 is 0 Å². The molecule has 0 saturated carbocycles. The van der Waals surface area contributed by atoms with Crippen LogP contribution in [0.1, 0.15) is 47.0 Å². The molecule has 96 valence electrons. The normalized spacial score (nSPS) is 12.9. The average molecular weight is 228 g/mol. The lowest BCUT2D eigenvalue weighted by Gasteiger charge is -2.29. The Hall–Kier alpha value is -0.570. The standard InChI is InChI=1S/C13H28N2O/c1-6-9-15(10-7-2)12(3)8-11-14(5)13(4)16/h12H,6-11H2,1-5H3. The first-order valence-corrected chi connectivity index (χ1v) is 6.48. The number of rotatable bonds is 8. The van der Waals surface area contributed by atoms with Crippen molar-refractivity contribution in [3.63, 3.8) is 0 Å². The molecule has 0 aromatic rings. The van der Waals surface area contributed by atoms with Crippen LogP contribution in [-0.2, 0) is 4.79 Å². The van der Waals surface area contributed by atoms with E-state index in [0.29, 0.717) is 6.04 Å². The molecule has 0 fully saturated rings. The maximum absolute atomic E-state index is 11.1. The highest BCUT2D eigenvalue weighted by molar-refractivity contribution is 5.72. The molecule has 1 unspecified atom stereocenters. The molecular weight excluding hydrogens is 200 g/mol. The number of nitrogens with zero attached hydrogens (tertiary/aromatic N) is 2. The van der Waals surface area contributed by atoms with Gasteiger partial charge in [0, 0.05) is 26.6 Å². The zero-order chi connectivity index (χ0) is 12.6. The summed E-state index contributed by atoms with van der Waals surface area (Å²) in [5, 5.41) is 0. The van der Waals surface area contributed by atoms with Crippen molar-refractivity contribution in [1.29, 1.82) is 0 Å². The summed E-state index contributed by atoms with van der Waals surface area (Å²) in [6.45, 7) is 11.5. The van der Waals surface area contributed by atoms with E-state index in [-0.39, 0.29) is 5.91 Å². The Labute approximate surface area is 101 Å². The molecule has 16 heavy (non-hydrogen) atoms. The van der Waals surface area contributed by atoms with E-state index in [2.05, 4.69) is 25.7 Å². The molecule has 0 aliphatic carbocycles. The van der Waals surface area contributed by atoms with E-state index in [4.69, 9.17) is 0 Å². The topological polar surface area (TPSA) is 23.6 Å². The molecule has 0 rings (SSSR count). The summed E-state index contributed by atoms with van der Waals surface area (Å²) in [4.78, 5) is 15.4. The van der Waals surface area contributed by atoms with Gasteiger partial charge in [0.2, 0.25) is 5.91 Å². The first-order valence-electron chi connectivity index (χ1n) is 6.48. The smallest absolute Gasteiger partial charge is 0.219 e. The van der Waals surface area contributed by atoms with Crippen molar-refractivity contribution < 1.29 is 4.79 Å². The lowest BCUT2D eigenvalue weighted by molar-refractivity contribution is -0.127. The Balaban J connectivity index is 3.98. The van der Waals surface area contributed by atoms with Crippen LogP contribution in [0.25, 0.3) is 0 Å². The number of amides is 1. The minimum Gasteiger partial charge on any atom is -0.346 e. The van der Waals surface area contributed by atoms with Gasteiger partial charge in [0.1, 0.15) is 0 Å². The summed E-state index contributed by atoms with van der Waals surface area (Å²) in [6, 6.07) is 0.571. The Kier molecular flexibility index (Phi) is 8.26. The molecule has 0 spiro atoms. The average Bonchev–Trinajstić information content (AvgIpc) is 2.24. The number of hydrogen-bond acceptors (Lipinski definition) is 2. The maximum Gasteiger partial charge on any atom is 0.219 e. The van der Waals surface area contributed by atoms with Crippen molar-refractivity contribution in [2.75, 3.05) is 26.7 Å². The minimum absolute atomic E-state index is 0.157. The summed E-state index contributed by atoms with van der Waals surface area (Å²) in [6.07, 6.45) is 3.47. The zero-order valence-corrected chi connectivity index (χ0v) is 11.6. The van der Waals surface area contributed by atoms with Crippen molar-refractivity contribution in [2.24, 2.45) is 0 Å². The van der Waals surface area contributed by atoms with Crippen molar-refractivity contribution in [2.45, 2.75) is 53.0 Å². The van der Waals surface area contributed by atoms with Gasteiger partial charge in [-0.1, -0.05) is 13.8 Å². The van der Waals surface area contributed by atoms with E-state index in [9.17, 15) is 4.79 Å². The molecule has 1 amide bonds. The minimum atomic E-state index is 0.157. The van der Waals surface area contributed by atoms with Gasteiger partial charge in [0.05, 0.1) is 0 Å². The number of carbonyl (C=O) groups is 1. The third-order valence-electron chi connectivity index (χ3n) is 3.06. The first kappa shape index (κ1) is 15.4. The lowest BCUT2D eigenvalue weighted by atomic mass is 10.1. The second-order valence-electron chi connectivity index (χ2n) is 4.61. The first-order chi connectivity index (χ1) is 7.52.